The van der Waals surface area contributed by atoms with E-state index in [2.05, 4.69) is 26.1 Å². The lowest BCUT2D eigenvalue weighted by atomic mass is 9.95. The molecule has 0 aromatic rings. The van der Waals surface area contributed by atoms with Crippen LogP contribution in [0.4, 0.5) is 0 Å². The predicted octanol–water partition coefficient (Wildman–Crippen LogP) is 2.37. The molecule has 0 heterocycles. The van der Waals surface area contributed by atoms with Gasteiger partial charge in [0.1, 0.15) is 0 Å². The Kier molecular flexibility index (Phi) is 5.93. The van der Waals surface area contributed by atoms with Gasteiger partial charge in [0.25, 0.3) is 0 Å². The van der Waals surface area contributed by atoms with Gasteiger partial charge in [-0.15, -0.1) is 0 Å². The highest BCUT2D eigenvalue weighted by atomic mass is 32.2. The van der Waals surface area contributed by atoms with Gasteiger partial charge >= 0.3 is 0 Å². The molecule has 1 aliphatic rings. The Morgan fingerprint density at radius 3 is 2.59 bits per heavy atom. The third kappa shape index (κ3) is 4.96. The molecule has 102 valence electrons. The van der Waals surface area contributed by atoms with Gasteiger partial charge in [0.15, 0.2) is 9.84 Å². The summed E-state index contributed by atoms with van der Waals surface area (Å²) in [6.45, 7) is 7.18. The first kappa shape index (κ1) is 15.0. The van der Waals surface area contributed by atoms with Crippen molar-refractivity contribution in [2.45, 2.75) is 64.2 Å². The van der Waals surface area contributed by atoms with E-state index in [-0.39, 0.29) is 5.25 Å². The molecule has 0 bridgehead atoms. The number of hydrogen-bond donors (Lipinski definition) is 1. The molecule has 0 amide bonds. The zero-order valence-electron chi connectivity index (χ0n) is 11.4. The van der Waals surface area contributed by atoms with Crippen LogP contribution in [0.2, 0.25) is 0 Å². The van der Waals surface area contributed by atoms with Gasteiger partial charge in [0.05, 0.1) is 11.0 Å². The Labute approximate surface area is 106 Å². The Morgan fingerprint density at radius 1 is 1.29 bits per heavy atom. The molecule has 1 fully saturated rings. The van der Waals surface area contributed by atoms with E-state index in [4.69, 9.17) is 0 Å². The quantitative estimate of drug-likeness (QED) is 0.798. The van der Waals surface area contributed by atoms with Gasteiger partial charge in [-0.05, 0) is 38.1 Å². The van der Waals surface area contributed by atoms with E-state index in [1.807, 2.05) is 0 Å². The Balaban J connectivity index is 2.52. The van der Waals surface area contributed by atoms with E-state index in [1.165, 1.54) is 0 Å². The third-order valence-corrected chi connectivity index (χ3v) is 5.86. The molecule has 1 rings (SSSR count). The molecule has 1 N–H and O–H groups in total. The summed E-state index contributed by atoms with van der Waals surface area (Å²) in [7, 11) is -2.87. The first-order valence-corrected chi connectivity index (χ1v) is 8.62. The molecule has 2 atom stereocenters. The second-order valence-corrected chi connectivity index (χ2v) is 7.99. The van der Waals surface area contributed by atoms with Crippen LogP contribution in [-0.4, -0.2) is 32.0 Å². The Hall–Kier alpha value is -0.0900. The fourth-order valence-electron chi connectivity index (χ4n) is 2.51. The fourth-order valence-corrected chi connectivity index (χ4v) is 4.70. The lowest BCUT2D eigenvalue weighted by molar-refractivity contribution is 0.377. The summed E-state index contributed by atoms with van der Waals surface area (Å²) in [5.74, 6) is 0.840. The van der Waals surface area contributed by atoms with E-state index in [0.29, 0.717) is 17.7 Å². The average Bonchev–Trinajstić information content (AvgIpc) is 2.27. The summed E-state index contributed by atoms with van der Waals surface area (Å²) in [5.41, 5.74) is 0. The van der Waals surface area contributed by atoms with Crippen molar-refractivity contribution in [3.05, 3.63) is 0 Å². The highest BCUT2D eigenvalue weighted by Gasteiger charge is 2.31. The van der Waals surface area contributed by atoms with Crippen molar-refractivity contribution < 1.29 is 8.42 Å². The number of sulfone groups is 1. The predicted molar refractivity (Wildman–Crippen MR) is 73.0 cm³/mol. The molecule has 1 aliphatic carbocycles. The topological polar surface area (TPSA) is 46.2 Å². The molecule has 0 aromatic carbocycles. The standard InChI is InChI=1S/C13H27NO2S/c1-4-14-12-6-5-7-13(10-12)17(15,16)9-8-11(2)3/h11-14H,4-10H2,1-3H3. The van der Waals surface area contributed by atoms with Crippen molar-refractivity contribution in [3.8, 4) is 0 Å². The highest BCUT2D eigenvalue weighted by Crippen LogP contribution is 2.25. The SMILES string of the molecule is CCNC1CCCC(S(=O)(=O)CCC(C)C)C1. The maximum absolute atomic E-state index is 12.2. The maximum atomic E-state index is 12.2. The molecular weight excluding hydrogens is 234 g/mol. The van der Waals surface area contributed by atoms with Crippen LogP contribution in [0.1, 0.15) is 52.9 Å². The lowest BCUT2D eigenvalue weighted by Crippen LogP contribution is -2.39. The van der Waals surface area contributed by atoms with Crippen molar-refractivity contribution >= 4 is 9.84 Å². The van der Waals surface area contributed by atoms with Gasteiger partial charge in [-0.1, -0.05) is 27.2 Å². The van der Waals surface area contributed by atoms with Crippen molar-refractivity contribution in [2.75, 3.05) is 12.3 Å². The number of rotatable bonds is 6. The minimum Gasteiger partial charge on any atom is -0.314 e. The maximum Gasteiger partial charge on any atom is 0.153 e. The lowest BCUT2D eigenvalue weighted by Gasteiger charge is -2.29. The summed E-state index contributed by atoms with van der Waals surface area (Å²) in [4.78, 5) is 0. The summed E-state index contributed by atoms with van der Waals surface area (Å²) >= 11 is 0. The summed E-state index contributed by atoms with van der Waals surface area (Å²) in [5, 5.41) is 3.29. The van der Waals surface area contributed by atoms with Gasteiger partial charge in [0.2, 0.25) is 0 Å². The van der Waals surface area contributed by atoms with E-state index in [0.717, 1.165) is 38.6 Å². The zero-order valence-corrected chi connectivity index (χ0v) is 12.2. The number of hydrogen-bond acceptors (Lipinski definition) is 3. The molecule has 0 radical (unpaired) electrons. The minimum atomic E-state index is -2.87. The normalized spacial score (nSPS) is 26.4. The Bertz CT molecular complexity index is 309. The zero-order chi connectivity index (χ0) is 12.9. The van der Waals surface area contributed by atoms with Gasteiger partial charge in [-0.3, -0.25) is 0 Å². The molecule has 4 heteroatoms. The average molecular weight is 261 g/mol. The smallest absolute Gasteiger partial charge is 0.153 e. The minimum absolute atomic E-state index is 0.0981. The van der Waals surface area contributed by atoms with Crippen molar-refractivity contribution in [2.24, 2.45) is 5.92 Å². The van der Waals surface area contributed by atoms with Crippen LogP contribution >= 0.6 is 0 Å². The first-order chi connectivity index (χ1) is 7.95. The van der Waals surface area contributed by atoms with Crippen LogP contribution < -0.4 is 5.32 Å². The van der Waals surface area contributed by atoms with Gasteiger partial charge in [0, 0.05) is 6.04 Å². The molecule has 17 heavy (non-hydrogen) atoms. The number of nitrogens with one attached hydrogen (secondary N) is 1. The van der Waals surface area contributed by atoms with E-state index >= 15 is 0 Å². The summed E-state index contributed by atoms with van der Waals surface area (Å²) in [6, 6.07) is 0.410. The van der Waals surface area contributed by atoms with Gasteiger partial charge in [-0.2, -0.15) is 0 Å². The van der Waals surface area contributed by atoms with Crippen LogP contribution in [0.5, 0.6) is 0 Å². The van der Waals surface area contributed by atoms with Crippen LogP contribution in [0.15, 0.2) is 0 Å². The van der Waals surface area contributed by atoms with E-state index in [1.54, 1.807) is 0 Å². The molecule has 2 unspecified atom stereocenters. The van der Waals surface area contributed by atoms with E-state index < -0.39 is 9.84 Å². The largest absolute Gasteiger partial charge is 0.314 e. The van der Waals surface area contributed by atoms with Gasteiger partial charge < -0.3 is 5.32 Å². The molecular formula is C13H27NO2S. The summed E-state index contributed by atoms with van der Waals surface area (Å²) in [6.07, 6.45) is 4.65. The van der Waals surface area contributed by atoms with Crippen molar-refractivity contribution in [1.29, 1.82) is 0 Å². The van der Waals surface area contributed by atoms with Crippen LogP contribution in [0.3, 0.4) is 0 Å². The van der Waals surface area contributed by atoms with Crippen LogP contribution in [0, 0.1) is 5.92 Å². The first-order valence-electron chi connectivity index (χ1n) is 6.90. The molecule has 1 saturated carbocycles. The Morgan fingerprint density at radius 2 is 2.00 bits per heavy atom. The molecule has 0 saturated heterocycles. The second-order valence-electron chi connectivity index (χ2n) is 5.59. The van der Waals surface area contributed by atoms with Crippen LogP contribution in [0.25, 0.3) is 0 Å². The highest BCUT2D eigenvalue weighted by molar-refractivity contribution is 7.92. The fraction of sp³-hybridized carbons (Fsp3) is 1.00. The molecule has 0 spiro atoms. The summed E-state index contributed by atoms with van der Waals surface area (Å²) < 4.78 is 24.4. The van der Waals surface area contributed by atoms with Gasteiger partial charge in [-0.25, -0.2) is 8.42 Å². The third-order valence-electron chi connectivity index (χ3n) is 3.61. The molecule has 3 nitrogen and oxygen atoms in total. The van der Waals surface area contributed by atoms with Crippen LogP contribution in [-0.2, 0) is 9.84 Å². The van der Waals surface area contributed by atoms with E-state index in [9.17, 15) is 8.42 Å². The second kappa shape index (κ2) is 6.74. The van der Waals surface area contributed by atoms with Crippen molar-refractivity contribution in [3.63, 3.8) is 0 Å². The van der Waals surface area contributed by atoms with Crippen molar-refractivity contribution in [1.82, 2.24) is 5.32 Å². The molecule has 0 aliphatic heterocycles. The monoisotopic (exact) mass is 261 g/mol. The molecule has 0 aromatic heterocycles.